The van der Waals surface area contributed by atoms with Gasteiger partial charge in [0.25, 0.3) is 5.91 Å². The first-order chi connectivity index (χ1) is 11.1. The topological polar surface area (TPSA) is 62.3 Å². The van der Waals surface area contributed by atoms with E-state index in [0.717, 1.165) is 16.3 Å². The molecule has 2 amide bonds. The van der Waals surface area contributed by atoms with Crippen LogP contribution in [0, 0.1) is 6.92 Å². The largest absolute Gasteiger partial charge is 0.349 e. The molecule has 0 bridgehead atoms. The van der Waals surface area contributed by atoms with Crippen LogP contribution in [0.5, 0.6) is 0 Å². The minimum absolute atomic E-state index is 0.0629. The van der Waals surface area contributed by atoms with Gasteiger partial charge in [-0.25, -0.2) is 4.98 Å². The van der Waals surface area contributed by atoms with E-state index in [1.54, 1.807) is 16.2 Å². The summed E-state index contributed by atoms with van der Waals surface area (Å²) in [5.41, 5.74) is 2.54. The summed E-state index contributed by atoms with van der Waals surface area (Å²) in [4.78, 5) is 31.0. The summed E-state index contributed by atoms with van der Waals surface area (Å²) in [5.74, 6) is -0.189. The van der Waals surface area contributed by atoms with Crippen LogP contribution in [0.4, 0.5) is 0 Å². The molecule has 0 fully saturated rings. The lowest BCUT2D eigenvalue weighted by atomic mass is 10.1. The maximum Gasteiger partial charge on any atom is 0.255 e. The second-order valence-electron chi connectivity index (χ2n) is 5.59. The Morgan fingerprint density at radius 2 is 2.22 bits per heavy atom. The van der Waals surface area contributed by atoms with Gasteiger partial charge in [-0.05, 0) is 25.0 Å². The number of hydrogen-bond donors (Lipinski definition) is 1. The minimum atomic E-state index is -0.449. The SMILES string of the molecule is CCC(C(=O)NCc1csc(C)n1)N1Cc2ccccc2C1=O. The standard InChI is InChI=1S/C17H19N3O2S/c1-3-15(16(21)18-8-13-10-23-11(2)19-13)20-9-12-6-4-5-7-14(12)17(20)22/h4-7,10,15H,3,8-9H2,1-2H3,(H,18,21). The van der Waals surface area contributed by atoms with Crippen LogP contribution in [0.3, 0.4) is 0 Å². The van der Waals surface area contributed by atoms with Crippen molar-refractivity contribution in [3.63, 3.8) is 0 Å². The zero-order valence-corrected chi connectivity index (χ0v) is 14.0. The number of benzene rings is 1. The van der Waals surface area contributed by atoms with Crippen molar-refractivity contribution >= 4 is 23.2 Å². The number of carbonyl (C=O) groups is 2. The van der Waals surface area contributed by atoms with Crippen LogP contribution >= 0.6 is 11.3 Å². The third-order valence-electron chi connectivity index (χ3n) is 4.03. The maximum atomic E-state index is 12.5. The molecule has 1 atom stereocenters. The molecule has 0 saturated heterocycles. The van der Waals surface area contributed by atoms with Crippen LogP contribution in [0.25, 0.3) is 0 Å². The minimum Gasteiger partial charge on any atom is -0.349 e. The summed E-state index contributed by atoms with van der Waals surface area (Å²) in [6.07, 6.45) is 0.585. The third-order valence-corrected chi connectivity index (χ3v) is 4.85. The maximum absolute atomic E-state index is 12.5. The monoisotopic (exact) mass is 329 g/mol. The molecule has 23 heavy (non-hydrogen) atoms. The van der Waals surface area contributed by atoms with E-state index in [9.17, 15) is 9.59 Å². The summed E-state index contributed by atoms with van der Waals surface area (Å²) in [6, 6.07) is 7.08. The predicted octanol–water partition coefficient (Wildman–Crippen LogP) is 2.50. The van der Waals surface area contributed by atoms with Gasteiger partial charge in [-0.1, -0.05) is 25.1 Å². The third kappa shape index (κ3) is 3.12. The molecule has 1 N–H and O–H groups in total. The first kappa shape index (κ1) is 15.7. The summed E-state index contributed by atoms with van der Waals surface area (Å²) in [6.45, 7) is 4.75. The fourth-order valence-electron chi connectivity index (χ4n) is 2.86. The molecule has 6 heteroatoms. The van der Waals surface area contributed by atoms with Gasteiger partial charge in [-0.2, -0.15) is 0 Å². The smallest absolute Gasteiger partial charge is 0.255 e. The first-order valence-electron chi connectivity index (χ1n) is 7.67. The lowest BCUT2D eigenvalue weighted by molar-refractivity contribution is -0.126. The van der Waals surface area contributed by atoms with Gasteiger partial charge in [-0.15, -0.1) is 11.3 Å². The lowest BCUT2D eigenvalue weighted by Crippen LogP contribution is -2.46. The molecule has 2 aromatic rings. The molecule has 0 spiro atoms. The molecule has 0 aliphatic carbocycles. The van der Waals surface area contributed by atoms with E-state index >= 15 is 0 Å². The summed E-state index contributed by atoms with van der Waals surface area (Å²) >= 11 is 1.56. The Hall–Kier alpha value is -2.21. The molecule has 3 rings (SSSR count). The molecule has 1 unspecified atom stereocenters. The second-order valence-corrected chi connectivity index (χ2v) is 6.65. The van der Waals surface area contributed by atoms with Gasteiger partial charge in [0.1, 0.15) is 6.04 Å². The highest BCUT2D eigenvalue weighted by Crippen LogP contribution is 2.25. The van der Waals surface area contributed by atoms with Crippen LogP contribution in [0.2, 0.25) is 0 Å². The summed E-state index contributed by atoms with van der Waals surface area (Å²) < 4.78 is 0. The molecule has 5 nitrogen and oxygen atoms in total. The van der Waals surface area contributed by atoms with Crippen LogP contribution in [0.15, 0.2) is 29.6 Å². The lowest BCUT2D eigenvalue weighted by Gasteiger charge is -2.25. The van der Waals surface area contributed by atoms with Crippen molar-refractivity contribution < 1.29 is 9.59 Å². The number of carbonyl (C=O) groups excluding carboxylic acids is 2. The zero-order chi connectivity index (χ0) is 16.4. The molecule has 0 saturated carbocycles. The van der Waals surface area contributed by atoms with E-state index in [2.05, 4.69) is 10.3 Å². The fraction of sp³-hybridized carbons (Fsp3) is 0.353. The van der Waals surface area contributed by atoms with Gasteiger partial charge in [0.05, 0.1) is 17.2 Å². The van der Waals surface area contributed by atoms with Crippen LogP contribution in [-0.4, -0.2) is 27.7 Å². The molecule has 1 aromatic heterocycles. The average Bonchev–Trinajstić information content (AvgIpc) is 3.11. The van der Waals surface area contributed by atoms with E-state index in [1.807, 2.05) is 43.5 Å². The van der Waals surface area contributed by atoms with Crippen LogP contribution in [0.1, 0.15) is 40.0 Å². The molecule has 120 valence electrons. The fourth-order valence-corrected chi connectivity index (χ4v) is 3.47. The number of nitrogens with one attached hydrogen (secondary N) is 1. The van der Waals surface area contributed by atoms with Gasteiger partial charge < -0.3 is 10.2 Å². The Balaban J connectivity index is 1.68. The predicted molar refractivity (Wildman–Crippen MR) is 89.1 cm³/mol. The van der Waals surface area contributed by atoms with Crippen molar-refractivity contribution in [3.05, 3.63) is 51.5 Å². The average molecular weight is 329 g/mol. The molecule has 0 radical (unpaired) electrons. The van der Waals surface area contributed by atoms with Crippen molar-refractivity contribution in [1.82, 2.24) is 15.2 Å². The number of thiazole rings is 1. The van der Waals surface area contributed by atoms with Crippen molar-refractivity contribution in [2.75, 3.05) is 0 Å². The van der Waals surface area contributed by atoms with Crippen molar-refractivity contribution in [1.29, 1.82) is 0 Å². The highest BCUT2D eigenvalue weighted by molar-refractivity contribution is 7.09. The summed E-state index contributed by atoms with van der Waals surface area (Å²) in [5, 5.41) is 5.81. The van der Waals surface area contributed by atoms with Gasteiger partial charge in [0.15, 0.2) is 0 Å². The molecule has 1 aliphatic rings. The van der Waals surface area contributed by atoms with Gasteiger partial charge in [-0.3, -0.25) is 9.59 Å². The normalized spacial score (nSPS) is 14.7. The number of aromatic nitrogens is 1. The number of nitrogens with zero attached hydrogens (tertiary/aromatic N) is 2. The first-order valence-corrected chi connectivity index (χ1v) is 8.55. The Bertz CT molecular complexity index is 741. The van der Waals surface area contributed by atoms with Crippen LogP contribution < -0.4 is 5.32 Å². The molecule has 1 aromatic carbocycles. The number of amides is 2. The van der Waals surface area contributed by atoms with E-state index in [1.165, 1.54) is 0 Å². The Morgan fingerprint density at radius 3 is 2.87 bits per heavy atom. The van der Waals surface area contributed by atoms with Gasteiger partial charge in [0, 0.05) is 17.5 Å². The molecule has 1 aliphatic heterocycles. The van der Waals surface area contributed by atoms with Crippen molar-refractivity contribution in [2.45, 2.75) is 39.4 Å². The molecule has 2 heterocycles. The highest BCUT2D eigenvalue weighted by atomic mass is 32.1. The Labute approximate surface area is 139 Å². The highest BCUT2D eigenvalue weighted by Gasteiger charge is 2.34. The summed E-state index contributed by atoms with van der Waals surface area (Å²) in [7, 11) is 0. The van der Waals surface area contributed by atoms with E-state index in [4.69, 9.17) is 0 Å². The van der Waals surface area contributed by atoms with Crippen molar-refractivity contribution in [3.8, 4) is 0 Å². The molecular formula is C17H19N3O2S. The number of hydrogen-bond acceptors (Lipinski definition) is 4. The van der Waals surface area contributed by atoms with Crippen molar-refractivity contribution in [2.24, 2.45) is 0 Å². The molecular weight excluding hydrogens is 310 g/mol. The number of fused-ring (bicyclic) bond motifs is 1. The Morgan fingerprint density at radius 1 is 1.43 bits per heavy atom. The number of aryl methyl sites for hydroxylation is 1. The van der Waals surface area contributed by atoms with E-state index in [0.29, 0.717) is 25.1 Å². The second kappa shape index (κ2) is 6.50. The quantitative estimate of drug-likeness (QED) is 0.917. The van der Waals surface area contributed by atoms with Crippen LogP contribution in [-0.2, 0) is 17.9 Å². The van der Waals surface area contributed by atoms with Gasteiger partial charge >= 0.3 is 0 Å². The van der Waals surface area contributed by atoms with Gasteiger partial charge in [0.2, 0.25) is 5.91 Å². The van der Waals surface area contributed by atoms with E-state index in [-0.39, 0.29) is 11.8 Å². The Kier molecular flexibility index (Phi) is 4.43. The number of rotatable bonds is 5. The van der Waals surface area contributed by atoms with E-state index < -0.39 is 6.04 Å². The zero-order valence-electron chi connectivity index (χ0n) is 13.2.